The molecule has 0 aliphatic heterocycles. The van der Waals surface area contributed by atoms with Gasteiger partial charge in [-0.15, -0.1) is 0 Å². The lowest BCUT2D eigenvalue weighted by atomic mass is 9.98. The summed E-state index contributed by atoms with van der Waals surface area (Å²) >= 11 is 0. The molecule has 4 aromatic carbocycles. The lowest BCUT2D eigenvalue weighted by molar-refractivity contribution is -0.142. The minimum absolute atomic E-state index is 0.0651. The molecule has 1 aliphatic carbocycles. The fourth-order valence-electron chi connectivity index (χ4n) is 5.36. The van der Waals surface area contributed by atoms with Crippen LogP contribution in [0.2, 0.25) is 0 Å². The molecule has 0 bridgehead atoms. The Morgan fingerprint density at radius 3 is 1.88 bits per heavy atom. The first-order valence-electron chi connectivity index (χ1n) is 13.7. The van der Waals surface area contributed by atoms with E-state index in [0.29, 0.717) is 13.0 Å². The summed E-state index contributed by atoms with van der Waals surface area (Å²) in [7, 11) is 0. The summed E-state index contributed by atoms with van der Waals surface area (Å²) in [4.78, 5) is 40.0. The number of rotatable bonds is 11. The van der Waals surface area contributed by atoms with Crippen molar-refractivity contribution < 1.29 is 24.2 Å². The number of ether oxygens (including phenoxy) is 1. The number of carbonyl (C=O) groups excluding carboxylic acids is 2. The van der Waals surface area contributed by atoms with E-state index in [4.69, 9.17) is 4.74 Å². The van der Waals surface area contributed by atoms with Crippen molar-refractivity contribution in [1.29, 1.82) is 0 Å². The van der Waals surface area contributed by atoms with Gasteiger partial charge in [-0.3, -0.25) is 9.59 Å². The summed E-state index contributed by atoms with van der Waals surface area (Å²) in [5.74, 6) is -1.81. The SMILES string of the molecule is O=C(O)CC(NC(=O)OCC1c2ccccc2-c2ccccc21)C(=O)N(CCc1ccccc1)Cc1ccccc1. The number of aliphatic carboxylic acids is 1. The highest BCUT2D eigenvalue weighted by atomic mass is 16.5. The third kappa shape index (κ3) is 6.81. The highest BCUT2D eigenvalue weighted by molar-refractivity contribution is 5.89. The van der Waals surface area contributed by atoms with Crippen LogP contribution in [0.5, 0.6) is 0 Å². The largest absolute Gasteiger partial charge is 0.481 e. The van der Waals surface area contributed by atoms with E-state index in [1.165, 1.54) is 0 Å². The Balaban J connectivity index is 1.29. The Hall–Kier alpha value is -4.91. The van der Waals surface area contributed by atoms with Crippen molar-refractivity contribution >= 4 is 18.0 Å². The highest BCUT2D eigenvalue weighted by Crippen LogP contribution is 2.44. The quantitative estimate of drug-likeness (QED) is 0.253. The van der Waals surface area contributed by atoms with E-state index in [1.807, 2.05) is 109 Å². The maximum absolute atomic E-state index is 13.7. The number of carboxylic acids is 1. The molecule has 2 amide bonds. The maximum atomic E-state index is 13.7. The molecular formula is C34H32N2O5. The molecule has 7 heteroatoms. The fourth-order valence-corrected chi connectivity index (χ4v) is 5.36. The first-order valence-corrected chi connectivity index (χ1v) is 13.7. The topological polar surface area (TPSA) is 95.9 Å². The molecule has 0 saturated heterocycles. The van der Waals surface area contributed by atoms with Crippen LogP contribution >= 0.6 is 0 Å². The van der Waals surface area contributed by atoms with Gasteiger partial charge in [0, 0.05) is 19.0 Å². The summed E-state index contributed by atoms with van der Waals surface area (Å²) in [5.41, 5.74) is 6.29. The first-order chi connectivity index (χ1) is 20.0. The molecule has 0 spiro atoms. The molecule has 208 valence electrons. The van der Waals surface area contributed by atoms with Crippen molar-refractivity contribution in [2.75, 3.05) is 13.2 Å². The summed E-state index contributed by atoms with van der Waals surface area (Å²) in [5, 5.41) is 12.1. The van der Waals surface area contributed by atoms with Crippen LogP contribution in [0.25, 0.3) is 11.1 Å². The van der Waals surface area contributed by atoms with Gasteiger partial charge in [-0.2, -0.15) is 0 Å². The van der Waals surface area contributed by atoms with Crippen LogP contribution in [-0.2, 0) is 27.3 Å². The second kappa shape index (κ2) is 13.0. The molecule has 0 saturated carbocycles. The van der Waals surface area contributed by atoms with E-state index in [-0.39, 0.29) is 19.1 Å². The Labute approximate surface area is 239 Å². The van der Waals surface area contributed by atoms with Crippen LogP contribution in [0.4, 0.5) is 4.79 Å². The molecule has 0 radical (unpaired) electrons. The van der Waals surface area contributed by atoms with Crippen molar-refractivity contribution in [1.82, 2.24) is 10.2 Å². The van der Waals surface area contributed by atoms with Crippen molar-refractivity contribution in [3.05, 3.63) is 131 Å². The molecule has 1 atom stereocenters. The second-order valence-corrected chi connectivity index (χ2v) is 10.1. The zero-order chi connectivity index (χ0) is 28.6. The number of carboxylic acid groups (broad SMARTS) is 1. The minimum atomic E-state index is -1.28. The fraction of sp³-hybridized carbons (Fsp3) is 0.206. The molecule has 2 N–H and O–H groups in total. The van der Waals surface area contributed by atoms with Gasteiger partial charge in [0.25, 0.3) is 0 Å². The van der Waals surface area contributed by atoms with Gasteiger partial charge in [0.1, 0.15) is 12.6 Å². The summed E-state index contributed by atoms with van der Waals surface area (Å²) in [6, 6.07) is 34.0. The van der Waals surface area contributed by atoms with E-state index in [9.17, 15) is 19.5 Å². The van der Waals surface area contributed by atoms with Gasteiger partial charge >= 0.3 is 12.1 Å². The molecule has 7 nitrogen and oxygen atoms in total. The zero-order valence-corrected chi connectivity index (χ0v) is 22.6. The monoisotopic (exact) mass is 548 g/mol. The van der Waals surface area contributed by atoms with Crippen molar-refractivity contribution in [2.45, 2.75) is 31.3 Å². The molecule has 1 aliphatic rings. The lowest BCUT2D eigenvalue weighted by Gasteiger charge is -2.27. The molecule has 0 fully saturated rings. The number of alkyl carbamates (subject to hydrolysis) is 1. The average Bonchev–Trinajstić information content (AvgIpc) is 3.32. The maximum Gasteiger partial charge on any atom is 0.407 e. The van der Waals surface area contributed by atoms with Crippen LogP contribution in [0.15, 0.2) is 109 Å². The molecule has 1 unspecified atom stereocenters. The average molecular weight is 549 g/mol. The van der Waals surface area contributed by atoms with Crippen molar-refractivity contribution in [2.24, 2.45) is 0 Å². The number of amides is 2. The predicted octanol–water partition coefficient (Wildman–Crippen LogP) is 5.64. The van der Waals surface area contributed by atoms with Gasteiger partial charge in [0.05, 0.1) is 6.42 Å². The molecule has 4 aromatic rings. The Kier molecular flexibility index (Phi) is 8.74. The number of carbonyl (C=O) groups is 3. The highest BCUT2D eigenvalue weighted by Gasteiger charge is 2.31. The third-order valence-corrected chi connectivity index (χ3v) is 7.35. The summed E-state index contributed by atoms with van der Waals surface area (Å²) in [6.07, 6.45) is -0.793. The Morgan fingerprint density at radius 2 is 1.29 bits per heavy atom. The lowest BCUT2D eigenvalue weighted by Crippen LogP contribution is -2.50. The number of fused-ring (bicyclic) bond motifs is 3. The van der Waals surface area contributed by atoms with E-state index in [1.54, 1.807) is 4.90 Å². The smallest absolute Gasteiger partial charge is 0.407 e. The van der Waals surface area contributed by atoms with Gasteiger partial charge in [-0.05, 0) is 39.8 Å². The molecule has 0 aromatic heterocycles. The number of hydrogen-bond acceptors (Lipinski definition) is 4. The normalized spacial score (nSPS) is 12.6. The molecule has 0 heterocycles. The first kappa shape index (κ1) is 27.6. The van der Waals surface area contributed by atoms with Crippen molar-refractivity contribution in [3.63, 3.8) is 0 Å². The predicted molar refractivity (Wildman–Crippen MR) is 156 cm³/mol. The van der Waals surface area contributed by atoms with Gasteiger partial charge in [0.15, 0.2) is 0 Å². The van der Waals surface area contributed by atoms with E-state index in [2.05, 4.69) is 5.32 Å². The van der Waals surface area contributed by atoms with Gasteiger partial charge in [-0.25, -0.2) is 4.79 Å². The number of nitrogens with zero attached hydrogens (tertiary/aromatic N) is 1. The van der Waals surface area contributed by atoms with Crippen LogP contribution in [-0.4, -0.2) is 47.2 Å². The number of benzene rings is 4. The van der Waals surface area contributed by atoms with Gasteiger partial charge < -0.3 is 20.1 Å². The zero-order valence-electron chi connectivity index (χ0n) is 22.6. The number of hydrogen-bond donors (Lipinski definition) is 2. The van der Waals surface area contributed by atoms with E-state index < -0.39 is 30.4 Å². The van der Waals surface area contributed by atoms with Crippen LogP contribution in [0, 0.1) is 0 Å². The van der Waals surface area contributed by atoms with E-state index >= 15 is 0 Å². The van der Waals surface area contributed by atoms with Crippen LogP contribution < -0.4 is 5.32 Å². The van der Waals surface area contributed by atoms with Crippen LogP contribution in [0.3, 0.4) is 0 Å². The van der Waals surface area contributed by atoms with E-state index in [0.717, 1.165) is 33.4 Å². The third-order valence-electron chi connectivity index (χ3n) is 7.35. The van der Waals surface area contributed by atoms with Gasteiger partial charge in [-0.1, -0.05) is 109 Å². The number of nitrogens with one attached hydrogen (secondary N) is 1. The summed E-state index contributed by atoms with van der Waals surface area (Å²) < 4.78 is 5.62. The molecular weight excluding hydrogens is 516 g/mol. The molecule has 41 heavy (non-hydrogen) atoms. The van der Waals surface area contributed by atoms with Crippen molar-refractivity contribution in [3.8, 4) is 11.1 Å². The standard InChI is InChI=1S/C34H32N2O5/c37-32(38)21-31(33(39)36(22-25-13-5-2-6-14-25)20-19-24-11-3-1-4-12-24)35-34(40)41-23-30-28-17-9-7-15-26(28)27-16-8-10-18-29(27)30/h1-18,30-31H,19-23H2,(H,35,40)(H,37,38). The van der Waals surface area contributed by atoms with Gasteiger partial charge in [0.2, 0.25) is 5.91 Å². The minimum Gasteiger partial charge on any atom is -0.481 e. The van der Waals surface area contributed by atoms with Crippen LogP contribution in [0.1, 0.15) is 34.6 Å². The Bertz CT molecular complexity index is 1460. The molecule has 5 rings (SSSR count). The summed E-state index contributed by atoms with van der Waals surface area (Å²) in [6.45, 7) is 0.713. The second-order valence-electron chi connectivity index (χ2n) is 10.1. The Morgan fingerprint density at radius 1 is 0.756 bits per heavy atom.